The lowest BCUT2D eigenvalue weighted by molar-refractivity contribution is -0.240. The first-order chi connectivity index (χ1) is 15.8. The standard InChI is InChI=1S/C26H25NO6/c1-5-13-31-20-12-11-16(14-21(20)30-6-2)22(18-15-27-19-10-8-7-9-17(18)19)23-24(28)32-26(3,4)33-25(23)29/h1,7-12,14-15,22-23,27H,6,13H2,2-4H3/t22-/m0/s1. The second-order valence-electron chi connectivity index (χ2n) is 8.12. The van der Waals surface area contributed by atoms with Crippen LogP contribution in [0.3, 0.4) is 0 Å². The summed E-state index contributed by atoms with van der Waals surface area (Å²) in [6.07, 6.45) is 7.13. The van der Waals surface area contributed by atoms with Crippen molar-refractivity contribution in [1.29, 1.82) is 0 Å². The van der Waals surface area contributed by atoms with Gasteiger partial charge >= 0.3 is 11.9 Å². The fraction of sp³-hybridized carbons (Fsp3) is 0.308. The van der Waals surface area contributed by atoms with E-state index in [1.807, 2.05) is 31.2 Å². The van der Waals surface area contributed by atoms with Crippen LogP contribution < -0.4 is 9.47 Å². The summed E-state index contributed by atoms with van der Waals surface area (Å²) in [6, 6.07) is 13.0. The number of hydrogen-bond acceptors (Lipinski definition) is 6. The number of ether oxygens (including phenoxy) is 4. The van der Waals surface area contributed by atoms with E-state index in [0.717, 1.165) is 16.5 Å². The minimum Gasteiger partial charge on any atom is -0.490 e. The summed E-state index contributed by atoms with van der Waals surface area (Å²) in [4.78, 5) is 29.4. The Bertz CT molecular complexity index is 1220. The van der Waals surface area contributed by atoms with E-state index in [0.29, 0.717) is 23.7 Å². The van der Waals surface area contributed by atoms with Gasteiger partial charge in [0.1, 0.15) is 6.61 Å². The zero-order valence-corrected chi connectivity index (χ0v) is 18.7. The number of carbonyl (C=O) groups excluding carboxylic acids is 2. The number of H-pyrrole nitrogens is 1. The van der Waals surface area contributed by atoms with Crippen molar-refractivity contribution in [1.82, 2.24) is 4.98 Å². The molecule has 0 spiro atoms. The zero-order chi connectivity index (χ0) is 23.6. The molecule has 1 fully saturated rings. The fourth-order valence-corrected chi connectivity index (χ4v) is 4.13. The minimum absolute atomic E-state index is 0.0850. The number of nitrogens with one attached hydrogen (secondary N) is 1. The lowest BCUT2D eigenvalue weighted by atomic mass is 9.80. The number of rotatable bonds is 7. The maximum Gasteiger partial charge on any atom is 0.324 e. The third-order valence-electron chi connectivity index (χ3n) is 5.43. The first-order valence-electron chi connectivity index (χ1n) is 10.7. The summed E-state index contributed by atoms with van der Waals surface area (Å²) in [5, 5.41) is 0.888. The van der Waals surface area contributed by atoms with Crippen molar-refractivity contribution in [2.24, 2.45) is 5.92 Å². The molecule has 0 amide bonds. The molecular weight excluding hydrogens is 422 g/mol. The van der Waals surface area contributed by atoms with Gasteiger partial charge in [0.2, 0.25) is 0 Å². The molecule has 33 heavy (non-hydrogen) atoms. The van der Waals surface area contributed by atoms with Gasteiger partial charge in [-0.25, -0.2) is 0 Å². The Morgan fingerprint density at radius 3 is 2.52 bits per heavy atom. The Labute approximate surface area is 192 Å². The summed E-state index contributed by atoms with van der Waals surface area (Å²) in [5.74, 6) is -1.10. The van der Waals surface area contributed by atoms with Gasteiger partial charge in [-0.2, -0.15) is 0 Å². The molecule has 7 heteroatoms. The molecule has 1 aliphatic rings. The van der Waals surface area contributed by atoms with Crippen molar-refractivity contribution >= 4 is 22.8 Å². The van der Waals surface area contributed by atoms with Crippen molar-refractivity contribution < 1.29 is 28.5 Å². The highest BCUT2D eigenvalue weighted by Crippen LogP contribution is 2.43. The lowest BCUT2D eigenvalue weighted by Gasteiger charge is -2.36. The molecular formula is C26H25NO6. The summed E-state index contributed by atoms with van der Waals surface area (Å²) in [5.41, 5.74) is 2.33. The molecule has 3 aromatic rings. The quantitative estimate of drug-likeness (QED) is 0.332. The summed E-state index contributed by atoms with van der Waals surface area (Å²) in [7, 11) is 0. The van der Waals surface area contributed by atoms with Crippen LogP contribution in [0.15, 0.2) is 48.7 Å². The second kappa shape index (κ2) is 8.91. The average molecular weight is 447 g/mol. The topological polar surface area (TPSA) is 86.9 Å². The molecule has 0 aliphatic carbocycles. The molecule has 1 saturated heterocycles. The van der Waals surface area contributed by atoms with Crippen LogP contribution in [0.2, 0.25) is 0 Å². The Balaban J connectivity index is 1.87. The SMILES string of the molecule is C#CCOc1ccc([C@@H](c2c[nH]c3ccccc23)C2C(=O)OC(C)(C)OC2=O)cc1OCC. The van der Waals surface area contributed by atoms with Crippen LogP contribution >= 0.6 is 0 Å². The zero-order valence-electron chi connectivity index (χ0n) is 18.7. The largest absolute Gasteiger partial charge is 0.490 e. The Morgan fingerprint density at radius 2 is 1.82 bits per heavy atom. The molecule has 1 aromatic heterocycles. The van der Waals surface area contributed by atoms with E-state index >= 15 is 0 Å². The number of benzene rings is 2. The number of cyclic esters (lactones) is 2. The van der Waals surface area contributed by atoms with Crippen molar-refractivity contribution in [2.75, 3.05) is 13.2 Å². The van der Waals surface area contributed by atoms with Crippen molar-refractivity contribution in [3.8, 4) is 23.8 Å². The molecule has 7 nitrogen and oxygen atoms in total. The number of aromatic nitrogens is 1. The summed E-state index contributed by atoms with van der Waals surface area (Å²) < 4.78 is 22.3. The van der Waals surface area contributed by atoms with Gasteiger partial charge in [0.05, 0.1) is 6.61 Å². The average Bonchev–Trinajstić information content (AvgIpc) is 3.18. The van der Waals surface area contributed by atoms with Crippen molar-refractivity contribution in [2.45, 2.75) is 32.5 Å². The molecule has 170 valence electrons. The predicted octanol–water partition coefficient (Wildman–Crippen LogP) is 4.16. The van der Waals surface area contributed by atoms with Gasteiger partial charge in [0.15, 0.2) is 17.4 Å². The van der Waals surface area contributed by atoms with E-state index in [2.05, 4.69) is 10.9 Å². The van der Waals surface area contributed by atoms with Crippen LogP contribution in [-0.4, -0.2) is 35.9 Å². The molecule has 1 N–H and O–H groups in total. The normalized spacial score (nSPS) is 16.5. The van der Waals surface area contributed by atoms with E-state index in [-0.39, 0.29) is 6.61 Å². The molecule has 1 atom stereocenters. The van der Waals surface area contributed by atoms with Crippen molar-refractivity contribution in [3.63, 3.8) is 0 Å². The highest BCUT2D eigenvalue weighted by atomic mass is 16.7. The van der Waals surface area contributed by atoms with Crippen LogP contribution in [0.1, 0.15) is 37.8 Å². The molecule has 2 heterocycles. The number of hydrogen-bond donors (Lipinski definition) is 1. The van der Waals surface area contributed by atoms with E-state index in [1.165, 1.54) is 13.8 Å². The van der Waals surface area contributed by atoms with Gasteiger partial charge in [-0.15, -0.1) is 6.42 Å². The van der Waals surface area contributed by atoms with Gasteiger partial charge in [-0.1, -0.05) is 30.2 Å². The van der Waals surface area contributed by atoms with Crippen LogP contribution in [0.4, 0.5) is 0 Å². The Kier molecular flexibility index (Phi) is 6.01. The van der Waals surface area contributed by atoms with Crippen molar-refractivity contribution in [3.05, 3.63) is 59.8 Å². The van der Waals surface area contributed by atoms with Crippen LogP contribution in [0.25, 0.3) is 10.9 Å². The summed E-state index contributed by atoms with van der Waals surface area (Å²) >= 11 is 0. The number of aromatic amines is 1. The fourth-order valence-electron chi connectivity index (χ4n) is 4.13. The molecule has 0 unspecified atom stereocenters. The lowest BCUT2D eigenvalue weighted by Crippen LogP contribution is -2.48. The third kappa shape index (κ3) is 4.37. The smallest absolute Gasteiger partial charge is 0.324 e. The highest BCUT2D eigenvalue weighted by Gasteiger charge is 2.48. The van der Waals surface area contributed by atoms with Gasteiger partial charge < -0.3 is 23.9 Å². The van der Waals surface area contributed by atoms with E-state index < -0.39 is 29.6 Å². The van der Waals surface area contributed by atoms with Gasteiger partial charge in [0, 0.05) is 36.9 Å². The van der Waals surface area contributed by atoms with Crippen LogP contribution in [-0.2, 0) is 19.1 Å². The molecule has 1 aliphatic heterocycles. The van der Waals surface area contributed by atoms with Crippen LogP contribution in [0, 0.1) is 18.3 Å². The maximum absolute atomic E-state index is 13.1. The first-order valence-corrected chi connectivity index (χ1v) is 10.7. The minimum atomic E-state index is -1.32. The van der Waals surface area contributed by atoms with Crippen LogP contribution in [0.5, 0.6) is 11.5 Å². The molecule has 4 rings (SSSR count). The summed E-state index contributed by atoms with van der Waals surface area (Å²) in [6.45, 7) is 5.40. The molecule has 2 aromatic carbocycles. The van der Waals surface area contributed by atoms with Gasteiger partial charge in [-0.05, 0) is 36.2 Å². The number of terminal acetylenes is 1. The highest BCUT2D eigenvalue weighted by molar-refractivity contribution is 5.99. The molecule has 0 saturated carbocycles. The second-order valence-corrected chi connectivity index (χ2v) is 8.12. The number of para-hydroxylation sites is 1. The van der Waals surface area contributed by atoms with E-state index in [1.54, 1.807) is 24.4 Å². The predicted molar refractivity (Wildman–Crippen MR) is 122 cm³/mol. The number of esters is 2. The Morgan fingerprint density at radius 1 is 1.09 bits per heavy atom. The number of carbonyl (C=O) groups is 2. The molecule has 0 radical (unpaired) electrons. The van der Waals surface area contributed by atoms with E-state index in [9.17, 15) is 9.59 Å². The van der Waals surface area contributed by atoms with Gasteiger partial charge in [0.25, 0.3) is 5.79 Å². The molecule has 0 bridgehead atoms. The Hall–Kier alpha value is -3.92. The monoisotopic (exact) mass is 447 g/mol. The number of fused-ring (bicyclic) bond motifs is 1. The third-order valence-corrected chi connectivity index (χ3v) is 5.43. The van der Waals surface area contributed by atoms with Gasteiger partial charge in [-0.3, -0.25) is 9.59 Å². The van der Waals surface area contributed by atoms with E-state index in [4.69, 9.17) is 25.4 Å². The first kappa shape index (κ1) is 22.3. The maximum atomic E-state index is 13.1.